The van der Waals surface area contributed by atoms with Gasteiger partial charge in [0.15, 0.2) is 0 Å². The van der Waals surface area contributed by atoms with E-state index in [1.54, 1.807) is 0 Å². The maximum atomic E-state index is 4.21. The lowest BCUT2D eigenvalue weighted by molar-refractivity contribution is 0.590. The Bertz CT molecular complexity index is 4330. The minimum absolute atomic E-state index is 0.0217. The first-order valence-electron chi connectivity index (χ1n) is 24.9. The van der Waals surface area contributed by atoms with E-state index >= 15 is 0 Å². The van der Waals surface area contributed by atoms with Crippen molar-refractivity contribution >= 4 is 114 Å². The first kappa shape index (κ1) is 44.3. The molecule has 0 atom stereocenters. The second-order valence-electron chi connectivity index (χ2n) is 23.1. The number of hydrogen-bond acceptors (Lipinski definition) is 0. The van der Waals surface area contributed by atoms with Gasteiger partial charge < -0.3 is 14.4 Å². The number of nitrogens with zero attached hydrogens (tertiary/aromatic N) is 1. The van der Waals surface area contributed by atoms with Crippen LogP contribution < -0.4 is 0 Å². The summed E-state index contributed by atoms with van der Waals surface area (Å²) in [6.07, 6.45) is 0. The Hall–Kier alpha value is -6.66. The summed E-state index contributed by atoms with van der Waals surface area (Å²) in [5.41, 5.74) is 21.5. The maximum Gasteiger partial charge on any atom is 0.0620 e. The van der Waals surface area contributed by atoms with Crippen LogP contribution in [0, 0.1) is 0 Å². The summed E-state index contributed by atoms with van der Waals surface area (Å²) < 4.78 is 4.61. The first-order chi connectivity index (χ1) is 33.9. The van der Waals surface area contributed by atoms with Crippen molar-refractivity contribution in [2.75, 3.05) is 0 Å². The highest BCUT2D eigenvalue weighted by atomic mass is 79.9. The van der Waals surface area contributed by atoms with Gasteiger partial charge in [-0.05, 0) is 140 Å². The second kappa shape index (κ2) is 15.4. The number of aromatic amines is 2. The van der Waals surface area contributed by atoms with Crippen molar-refractivity contribution in [3.8, 4) is 44.5 Å². The number of rotatable bonds is 4. The maximum absolute atomic E-state index is 4.21. The summed E-state index contributed by atoms with van der Waals surface area (Å²) >= 11 is 8.40. The SMILES string of the molecule is CC(C)(C)c1cc(-c2c(Br)ccc(Br)c2-c2cc(-c3ccccc3)cc3c2[nH]c2ccc(-c4ccccc4)cc23)c2[nH]c3cc4c5cc(C(C)(C)C)cc6c7cc(C(C)(C)C)ccc7n(c4cc3c2c1)c65. The average Bonchev–Trinajstić information content (AvgIpc) is 4.09. The number of fused-ring (bicyclic) bond motifs is 12. The van der Waals surface area contributed by atoms with E-state index in [0.717, 1.165) is 53.3 Å². The van der Waals surface area contributed by atoms with E-state index in [4.69, 9.17) is 0 Å². The van der Waals surface area contributed by atoms with E-state index < -0.39 is 0 Å². The lowest BCUT2D eigenvalue weighted by Gasteiger charge is -2.23. The summed E-state index contributed by atoms with van der Waals surface area (Å²) in [6.45, 7) is 21.0. The summed E-state index contributed by atoms with van der Waals surface area (Å²) in [6, 6.07) is 59.4. The summed E-state index contributed by atoms with van der Waals surface area (Å²) in [7, 11) is 0. The minimum Gasteiger partial charge on any atom is -0.354 e. The zero-order valence-corrected chi connectivity index (χ0v) is 44.9. The van der Waals surface area contributed by atoms with Gasteiger partial charge >= 0.3 is 0 Å². The van der Waals surface area contributed by atoms with Gasteiger partial charge in [-0.2, -0.15) is 0 Å². The van der Waals surface area contributed by atoms with Crippen LogP contribution in [0.2, 0.25) is 0 Å². The van der Waals surface area contributed by atoms with Gasteiger partial charge in [-0.15, -0.1) is 0 Å². The van der Waals surface area contributed by atoms with E-state index in [1.165, 1.54) is 98.6 Å². The molecule has 13 aromatic rings. The van der Waals surface area contributed by atoms with E-state index in [2.05, 4.69) is 266 Å². The number of aromatic nitrogens is 3. The number of halogens is 2. The fourth-order valence-corrected chi connectivity index (χ4v) is 12.5. The Morgan fingerprint density at radius 2 is 0.845 bits per heavy atom. The molecule has 0 radical (unpaired) electrons. The zero-order valence-electron chi connectivity index (χ0n) is 41.7. The van der Waals surface area contributed by atoms with Crippen LogP contribution in [0.5, 0.6) is 0 Å². The molecule has 348 valence electrons. The smallest absolute Gasteiger partial charge is 0.0620 e. The largest absolute Gasteiger partial charge is 0.354 e. The van der Waals surface area contributed by atoms with E-state index in [1.807, 2.05) is 0 Å². The minimum atomic E-state index is -0.136. The lowest BCUT2D eigenvalue weighted by atomic mass is 9.83. The first-order valence-corrected chi connectivity index (χ1v) is 26.5. The Balaban J connectivity index is 1.12. The van der Waals surface area contributed by atoms with Gasteiger partial charge in [0.2, 0.25) is 0 Å². The topological polar surface area (TPSA) is 36.0 Å². The molecule has 4 aromatic heterocycles. The van der Waals surface area contributed by atoms with Gasteiger partial charge in [0.05, 0.1) is 27.6 Å². The van der Waals surface area contributed by atoms with Crippen LogP contribution >= 0.6 is 31.9 Å². The zero-order chi connectivity index (χ0) is 49.0. The Morgan fingerprint density at radius 3 is 1.46 bits per heavy atom. The summed E-state index contributed by atoms with van der Waals surface area (Å²) in [5.74, 6) is 0. The molecular weight excluding hydrogens is 995 g/mol. The molecule has 0 aliphatic carbocycles. The third-order valence-electron chi connectivity index (χ3n) is 15.4. The Labute approximate surface area is 431 Å². The van der Waals surface area contributed by atoms with Crippen molar-refractivity contribution in [1.82, 2.24) is 14.4 Å². The highest BCUT2D eigenvalue weighted by Gasteiger charge is 2.28. The van der Waals surface area contributed by atoms with Crippen LogP contribution in [0.4, 0.5) is 0 Å². The molecule has 0 bridgehead atoms. The molecule has 0 aliphatic rings. The van der Waals surface area contributed by atoms with Crippen LogP contribution in [0.25, 0.3) is 126 Å². The van der Waals surface area contributed by atoms with E-state index in [9.17, 15) is 0 Å². The van der Waals surface area contributed by atoms with E-state index in [-0.39, 0.29) is 16.2 Å². The fourth-order valence-electron chi connectivity index (χ4n) is 11.5. The second-order valence-corrected chi connectivity index (χ2v) is 24.8. The quantitative estimate of drug-likeness (QED) is 0.176. The Morgan fingerprint density at radius 1 is 0.352 bits per heavy atom. The van der Waals surface area contributed by atoms with Crippen LogP contribution in [0.1, 0.15) is 79.0 Å². The molecule has 0 fully saturated rings. The molecule has 3 nitrogen and oxygen atoms in total. The van der Waals surface area contributed by atoms with Crippen LogP contribution in [-0.4, -0.2) is 14.4 Å². The highest BCUT2D eigenvalue weighted by molar-refractivity contribution is 9.11. The molecule has 13 rings (SSSR count). The van der Waals surface area contributed by atoms with Crippen molar-refractivity contribution in [3.63, 3.8) is 0 Å². The number of H-pyrrole nitrogens is 2. The third kappa shape index (κ3) is 6.86. The average molecular weight is 1050 g/mol. The molecule has 4 heterocycles. The molecule has 0 amide bonds. The van der Waals surface area contributed by atoms with Crippen molar-refractivity contribution in [2.24, 2.45) is 0 Å². The van der Waals surface area contributed by atoms with Crippen LogP contribution in [0.15, 0.2) is 167 Å². The molecule has 5 heteroatoms. The summed E-state index contributed by atoms with van der Waals surface area (Å²) in [4.78, 5) is 8.05. The van der Waals surface area contributed by atoms with Crippen molar-refractivity contribution in [2.45, 2.75) is 78.6 Å². The lowest BCUT2D eigenvalue weighted by Crippen LogP contribution is -2.11. The number of hydrogen-bond donors (Lipinski definition) is 2. The molecular formula is C66H55Br2N3. The molecule has 71 heavy (non-hydrogen) atoms. The van der Waals surface area contributed by atoms with Crippen molar-refractivity contribution < 1.29 is 0 Å². The van der Waals surface area contributed by atoms with Gasteiger partial charge in [-0.3, -0.25) is 0 Å². The van der Waals surface area contributed by atoms with E-state index in [0.29, 0.717) is 0 Å². The van der Waals surface area contributed by atoms with Crippen LogP contribution in [-0.2, 0) is 16.2 Å². The molecule has 0 saturated heterocycles. The number of nitrogens with one attached hydrogen (secondary N) is 2. The van der Waals surface area contributed by atoms with Gasteiger partial charge in [-0.1, -0.05) is 167 Å². The van der Waals surface area contributed by atoms with Gasteiger partial charge in [-0.25, -0.2) is 0 Å². The molecule has 2 N–H and O–H groups in total. The van der Waals surface area contributed by atoms with Gasteiger partial charge in [0.1, 0.15) is 0 Å². The summed E-state index contributed by atoms with van der Waals surface area (Å²) in [5, 5.41) is 10.1. The number of benzene rings is 9. The standard InChI is InChI=1S/C66H55Br2N3/c1-64(2,3)40-21-25-57-45(29-40)49-31-42(66(7,8)9)32-50-46-34-56-44(35-58(46)71(57)63(49)50)48-30-41(65(4,5)6)33-52(62(48)70-56)60-54(68)23-22-53(67)59(60)51-28-39(37-18-14-11-15-19-37)27-47-43-26-38(36-16-12-10-13-17-36)20-24-55(43)69-61(47)51/h10-35,69-70H,1-9H3. The molecule has 0 saturated carbocycles. The Kier molecular flexibility index (Phi) is 9.62. The molecule has 0 aliphatic heterocycles. The van der Waals surface area contributed by atoms with Gasteiger partial charge in [0.25, 0.3) is 0 Å². The normalized spacial score (nSPS) is 13.0. The molecule has 0 spiro atoms. The van der Waals surface area contributed by atoms with Gasteiger partial charge in [0, 0.05) is 85.3 Å². The highest BCUT2D eigenvalue weighted by Crippen LogP contribution is 2.51. The predicted molar refractivity (Wildman–Crippen MR) is 313 cm³/mol. The monoisotopic (exact) mass is 1050 g/mol. The fraction of sp³-hybridized carbons (Fsp3) is 0.182. The predicted octanol–water partition coefficient (Wildman–Crippen LogP) is 20.2. The third-order valence-corrected chi connectivity index (χ3v) is 16.7. The van der Waals surface area contributed by atoms with Crippen molar-refractivity contribution in [1.29, 1.82) is 0 Å². The van der Waals surface area contributed by atoms with Crippen LogP contribution in [0.3, 0.4) is 0 Å². The molecule has 9 aromatic carbocycles. The van der Waals surface area contributed by atoms with Crippen molar-refractivity contribution in [3.05, 3.63) is 183 Å². The molecule has 0 unspecified atom stereocenters.